The maximum Gasteiger partial charge on any atom is 0.273 e. The third kappa shape index (κ3) is 4.13. The molecule has 0 unspecified atom stereocenters. The van der Waals surface area contributed by atoms with Crippen LogP contribution in [0.25, 0.3) is 0 Å². The second-order valence-electron chi connectivity index (χ2n) is 6.65. The minimum absolute atomic E-state index is 0.0425. The first-order chi connectivity index (χ1) is 13.6. The van der Waals surface area contributed by atoms with Crippen molar-refractivity contribution in [3.63, 3.8) is 0 Å². The van der Waals surface area contributed by atoms with Crippen molar-refractivity contribution in [2.75, 3.05) is 25.0 Å². The van der Waals surface area contributed by atoms with E-state index in [0.29, 0.717) is 30.4 Å². The van der Waals surface area contributed by atoms with Crippen molar-refractivity contribution in [2.24, 2.45) is 0 Å². The molecule has 0 N–H and O–H groups in total. The highest BCUT2D eigenvalue weighted by Crippen LogP contribution is 2.25. The summed E-state index contributed by atoms with van der Waals surface area (Å²) in [6.07, 6.45) is 0. The van der Waals surface area contributed by atoms with Gasteiger partial charge >= 0.3 is 0 Å². The van der Waals surface area contributed by atoms with Crippen LogP contribution in [0, 0.1) is 0 Å². The van der Waals surface area contributed by atoms with Gasteiger partial charge in [-0.15, -0.1) is 11.3 Å². The number of para-hydroxylation sites is 1. The molecule has 1 aromatic heterocycles. The lowest BCUT2D eigenvalue weighted by Crippen LogP contribution is -2.34. The number of rotatable bonds is 4. The Bertz CT molecular complexity index is 974. The van der Waals surface area contributed by atoms with E-state index in [1.54, 1.807) is 12.1 Å². The van der Waals surface area contributed by atoms with Gasteiger partial charge in [-0.1, -0.05) is 29.8 Å². The lowest BCUT2D eigenvalue weighted by atomic mass is 10.1. The van der Waals surface area contributed by atoms with Crippen LogP contribution in [0.4, 0.5) is 5.69 Å². The summed E-state index contributed by atoms with van der Waals surface area (Å²) < 4.78 is 5.72. The number of nitrogens with zero attached hydrogens (tertiary/aromatic N) is 3. The number of thiazole rings is 1. The van der Waals surface area contributed by atoms with Gasteiger partial charge in [0.2, 0.25) is 0 Å². The van der Waals surface area contributed by atoms with Crippen molar-refractivity contribution >= 4 is 34.5 Å². The van der Waals surface area contributed by atoms with E-state index in [1.165, 1.54) is 17.0 Å². The number of benzene rings is 2. The Balaban J connectivity index is 1.43. The Morgan fingerprint density at radius 1 is 1.18 bits per heavy atom. The molecule has 0 bridgehead atoms. The van der Waals surface area contributed by atoms with Crippen molar-refractivity contribution in [3.05, 3.63) is 75.2 Å². The number of halogens is 1. The summed E-state index contributed by atoms with van der Waals surface area (Å²) in [5, 5.41) is 3.24. The number of anilines is 1. The zero-order chi connectivity index (χ0) is 19.5. The number of hydrogen-bond donors (Lipinski definition) is 0. The molecule has 0 fully saturated rings. The van der Waals surface area contributed by atoms with Gasteiger partial charge in [-0.2, -0.15) is 0 Å². The molecule has 1 amide bonds. The van der Waals surface area contributed by atoms with Crippen LogP contribution in [0.2, 0.25) is 5.02 Å². The predicted molar refractivity (Wildman–Crippen MR) is 112 cm³/mol. The van der Waals surface area contributed by atoms with Gasteiger partial charge in [0.15, 0.2) is 0 Å². The molecule has 1 aliphatic heterocycles. The summed E-state index contributed by atoms with van der Waals surface area (Å²) in [5.41, 5.74) is 2.80. The van der Waals surface area contributed by atoms with Crippen molar-refractivity contribution in [1.82, 2.24) is 9.88 Å². The van der Waals surface area contributed by atoms with E-state index in [0.717, 1.165) is 22.9 Å². The van der Waals surface area contributed by atoms with E-state index >= 15 is 0 Å². The molecule has 7 heteroatoms. The standard InChI is InChI=1S/C21H20ClN3O2S/c1-24-10-11-25(12-15-4-2-3-5-19(15)24)21(26)18-14-28-20(23-18)13-27-17-8-6-16(22)7-9-17/h2-9,14H,10-13H2,1H3. The van der Waals surface area contributed by atoms with Gasteiger partial charge in [0.1, 0.15) is 23.1 Å². The Morgan fingerprint density at radius 2 is 1.96 bits per heavy atom. The average Bonchev–Trinajstić information content (AvgIpc) is 3.12. The summed E-state index contributed by atoms with van der Waals surface area (Å²) in [4.78, 5) is 21.5. The van der Waals surface area contributed by atoms with Crippen molar-refractivity contribution in [3.8, 4) is 5.75 Å². The van der Waals surface area contributed by atoms with Gasteiger partial charge in [0, 0.05) is 42.8 Å². The molecule has 0 atom stereocenters. The number of likely N-dealkylation sites (N-methyl/N-ethyl adjacent to an activating group) is 1. The molecule has 0 saturated heterocycles. The van der Waals surface area contributed by atoms with Crippen LogP contribution in [0.1, 0.15) is 21.1 Å². The van der Waals surface area contributed by atoms with Crippen molar-refractivity contribution in [1.29, 1.82) is 0 Å². The van der Waals surface area contributed by atoms with Crippen molar-refractivity contribution in [2.45, 2.75) is 13.2 Å². The van der Waals surface area contributed by atoms with Gasteiger partial charge in [0.25, 0.3) is 5.91 Å². The molecule has 2 aromatic carbocycles. The zero-order valence-electron chi connectivity index (χ0n) is 15.5. The van der Waals surface area contributed by atoms with E-state index in [-0.39, 0.29) is 5.91 Å². The molecule has 4 rings (SSSR count). The van der Waals surface area contributed by atoms with E-state index < -0.39 is 0 Å². The SMILES string of the molecule is CN1CCN(C(=O)c2csc(COc3ccc(Cl)cc3)n2)Cc2ccccc21. The number of aromatic nitrogens is 1. The van der Waals surface area contributed by atoms with Crippen LogP contribution in [0.15, 0.2) is 53.9 Å². The Hall–Kier alpha value is -2.57. The van der Waals surface area contributed by atoms with Crippen molar-refractivity contribution < 1.29 is 9.53 Å². The number of carbonyl (C=O) groups is 1. The van der Waals surface area contributed by atoms with Crippen LogP contribution >= 0.6 is 22.9 Å². The van der Waals surface area contributed by atoms with Crippen LogP contribution in [0.5, 0.6) is 5.75 Å². The lowest BCUT2D eigenvalue weighted by molar-refractivity contribution is 0.0746. The van der Waals surface area contributed by atoms with Gasteiger partial charge < -0.3 is 14.5 Å². The smallest absolute Gasteiger partial charge is 0.273 e. The number of ether oxygens (including phenoxy) is 1. The van der Waals surface area contributed by atoms with Crippen LogP contribution < -0.4 is 9.64 Å². The first kappa shape index (κ1) is 18.8. The second kappa shape index (κ2) is 8.20. The molecule has 0 spiro atoms. The highest BCUT2D eigenvalue weighted by atomic mass is 35.5. The van der Waals surface area contributed by atoms with E-state index in [1.807, 2.05) is 34.5 Å². The van der Waals surface area contributed by atoms with Crippen LogP contribution in [-0.2, 0) is 13.2 Å². The molecule has 0 radical (unpaired) electrons. The molecule has 28 heavy (non-hydrogen) atoms. The Labute approximate surface area is 173 Å². The zero-order valence-corrected chi connectivity index (χ0v) is 17.0. The highest BCUT2D eigenvalue weighted by Gasteiger charge is 2.23. The third-order valence-electron chi connectivity index (χ3n) is 4.70. The molecule has 144 valence electrons. The summed E-state index contributed by atoms with van der Waals surface area (Å²) in [6, 6.07) is 15.4. The lowest BCUT2D eigenvalue weighted by Gasteiger charge is -2.20. The number of fused-ring (bicyclic) bond motifs is 1. The molecule has 3 aromatic rings. The molecule has 0 saturated carbocycles. The van der Waals surface area contributed by atoms with Gasteiger partial charge in [-0.05, 0) is 35.9 Å². The minimum Gasteiger partial charge on any atom is -0.486 e. The summed E-state index contributed by atoms with van der Waals surface area (Å²) in [6.45, 7) is 2.37. The first-order valence-electron chi connectivity index (χ1n) is 9.01. The average molecular weight is 414 g/mol. The Morgan fingerprint density at radius 3 is 2.79 bits per heavy atom. The normalized spacial score (nSPS) is 13.8. The summed E-state index contributed by atoms with van der Waals surface area (Å²) in [5.74, 6) is 0.679. The first-order valence-corrected chi connectivity index (χ1v) is 10.3. The maximum absolute atomic E-state index is 13.0. The number of amides is 1. The number of carbonyl (C=O) groups excluding carboxylic acids is 1. The Kier molecular flexibility index (Phi) is 5.50. The third-order valence-corrected chi connectivity index (χ3v) is 5.78. The number of hydrogen-bond acceptors (Lipinski definition) is 5. The van der Waals surface area contributed by atoms with E-state index in [9.17, 15) is 4.79 Å². The fraction of sp³-hybridized carbons (Fsp3) is 0.238. The quantitative estimate of drug-likeness (QED) is 0.633. The molecule has 2 heterocycles. The second-order valence-corrected chi connectivity index (χ2v) is 8.03. The fourth-order valence-corrected chi connectivity index (χ4v) is 3.98. The molecule has 5 nitrogen and oxygen atoms in total. The van der Waals surface area contributed by atoms with E-state index in [2.05, 4.69) is 29.1 Å². The monoisotopic (exact) mass is 413 g/mol. The summed E-state index contributed by atoms with van der Waals surface area (Å²) >= 11 is 7.32. The molecular formula is C21H20ClN3O2S. The van der Waals surface area contributed by atoms with Gasteiger partial charge in [-0.3, -0.25) is 4.79 Å². The minimum atomic E-state index is -0.0425. The fourth-order valence-electron chi connectivity index (χ4n) is 3.18. The van der Waals surface area contributed by atoms with E-state index in [4.69, 9.17) is 16.3 Å². The maximum atomic E-state index is 13.0. The predicted octanol–water partition coefficient (Wildman–Crippen LogP) is 4.47. The van der Waals surface area contributed by atoms with Crippen LogP contribution in [-0.4, -0.2) is 35.9 Å². The highest BCUT2D eigenvalue weighted by molar-refractivity contribution is 7.09. The van der Waals surface area contributed by atoms with Gasteiger partial charge in [-0.25, -0.2) is 4.98 Å². The summed E-state index contributed by atoms with van der Waals surface area (Å²) in [7, 11) is 2.06. The largest absolute Gasteiger partial charge is 0.486 e. The molecule has 1 aliphatic rings. The molecular weight excluding hydrogens is 394 g/mol. The van der Waals surface area contributed by atoms with Crippen LogP contribution in [0.3, 0.4) is 0 Å². The van der Waals surface area contributed by atoms with Gasteiger partial charge in [0.05, 0.1) is 0 Å². The topological polar surface area (TPSA) is 45.7 Å². The molecule has 0 aliphatic carbocycles.